The first kappa shape index (κ1) is 18.4. The number of hydrogen-bond donors (Lipinski definition) is 1. The van der Waals surface area contributed by atoms with E-state index in [9.17, 15) is 4.79 Å². The topological polar surface area (TPSA) is 72.2 Å². The molecule has 26 heavy (non-hydrogen) atoms. The Morgan fingerprint density at radius 3 is 2.50 bits per heavy atom. The number of aromatic nitrogens is 4. The summed E-state index contributed by atoms with van der Waals surface area (Å²) in [5, 5.41) is 7.91. The van der Waals surface area contributed by atoms with Crippen molar-refractivity contribution in [3.63, 3.8) is 0 Å². The SMILES string of the molecule is Cc1nc2nc(SCC(=O)Nc3ccc(C(C)C)cc3)nn2c(C)c1C. The normalized spacial score (nSPS) is 11.3. The minimum Gasteiger partial charge on any atom is -0.325 e. The third-order valence-corrected chi connectivity index (χ3v) is 5.27. The highest BCUT2D eigenvalue weighted by molar-refractivity contribution is 7.99. The molecular weight excluding hydrogens is 346 g/mol. The van der Waals surface area contributed by atoms with E-state index in [4.69, 9.17) is 0 Å². The molecule has 0 fully saturated rings. The first-order chi connectivity index (χ1) is 12.3. The van der Waals surface area contributed by atoms with Crippen molar-refractivity contribution in [2.75, 3.05) is 11.1 Å². The smallest absolute Gasteiger partial charge is 0.253 e. The molecule has 0 atom stereocenters. The summed E-state index contributed by atoms with van der Waals surface area (Å²) in [6.07, 6.45) is 0. The maximum absolute atomic E-state index is 12.2. The Balaban J connectivity index is 1.64. The summed E-state index contributed by atoms with van der Waals surface area (Å²) in [4.78, 5) is 21.0. The quantitative estimate of drug-likeness (QED) is 0.691. The highest BCUT2D eigenvalue weighted by Crippen LogP contribution is 2.19. The van der Waals surface area contributed by atoms with E-state index in [1.807, 2.05) is 45.0 Å². The van der Waals surface area contributed by atoms with Crippen LogP contribution in [0.2, 0.25) is 0 Å². The van der Waals surface area contributed by atoms with Gasteiger partial charge in [-0.25, -0.2) is 9.50 Å². The van der Waals surface area contributed by atoms with Gasteiger partial charge in [-0.3, -0.25) is 4.79 Å². The molecular formula is C19H23N5OS. The predicted molar refractivity (Wildman–Crippen MR) is 105 cm³/mol. The lowest BCUT2D eigenvalue weighted by Gasteiger charge is -2.08. The number of thioether (sulfide) groups is 1. The molecule has 6 nitrogen and oxygen atoms in total. The number of nitrogens with zero attached hydrogens (tertiary/aromatic N) is 4. The second-order valence-corrected chi connectivity index (χ2v) is 7.57. The Morgan fingerprint density at radius 2 is 1.85 bits per heavy atom. The summed E-state index contributed by atoms with van der Waals surface area (Å²) >= 11 is 1.31. The van der Waals surface area contributed by atoms with Gasteiger partial charge in [0.1, 0.15) is 0 Å². The fourth-order valence-corrected chi connectivity index (χ4v) is 3.20. The van der Waals surface area contributed by atoms with Gasteiger partial charge in [-0.05, 0) is 49.9 Å². The third-order valence-electron chi connectivity index (χ3n) is 4.43. The molecule has 0 saturated carbocycles. The molecule has 1 N–H and O–H groups in total. The van der Waals surface area contributed by atoms with E-state index in [1.54, 1.807) is 4.52 Å². The molecule has 3 aromatic rings. The van der Waals surface area contributed by atoms with Crippen molar-refractivity contribution in [2.24, 2.45) is 0 Å². The molecule has 0 spiro atoms. The molecule has 0 unspecified atom stereocenters. The van der Waals surface area contributed by atoms with Crippen LogP contribution in [0, 0.1) is 20.8 Å². The van der Waals surface area contributed by atoms with Crippen LogP contribution in [0.25, 0.3) is 5.78 Å². The first-order valence-electron chi connectivity index (χ1n) is 8.58. The third kappa shape index (κ3) is 3.88. The average Bonchev–Trinajstić information content (AvgIpc) is 3.01. The molecule has 0 radical (unpaired) electrons. The number of hydrogen-bond acceptors (Lipinski definition) is 5. The molecule has 0 aliphatic rings. The van der Waals surface area contributed by atoms with E-state index in [2.05, 4.69) is 34.2 Å². The van der Waals surface area contributed by atoms with Gasteiger partial charge in [-0.2, -0.15) is 4.98 Å². The number of benzene rings is 1. The van der Waals surface area contributed by atoms with Crippen LogP contribution >= 0.6 is 11.8 Å². The zero-order valence-electron chi connectivity index (χ0n) is 15.7. The maximum atomic E-state index is 12.2. The molecule has 136 valence electrons. The van der Waals surface area contributed by atoms with E-state index in [-0.39, 0.29) is 11.7 Å². The van der Waals surface area contributed by atoms with Gasteiger partial charge in [-0.1, -0.05) is 37.7 Å². The molecule has 1 amide bonds. The molecule has 3 rings (SSSR count). The Hall–Kier alpha value is -2.41. The standard InChI is InChI=1S/C19H23N5OS/c1-11(2)15-6-8-16(9-7-15)21-17(25)10-26-19-22-18-20-13(4)12(3)14(5)24(18)23-19/h6-9,11H,10H2,1-5H3,(H,21,25). The largest absolute Gasteiger partial charge is 0.325 e. The number of fused-ring (bicyclic) bond motifs is 1. The summed E-state index contributed by atoms with van der Waals surface area (Å²) in [6.45, 7) is 10.3. The monoisotopic (exact) mass is 369 g/mol. The summed E-state index contributed by atoms with van der Waals surface area (Å²) in [5.41, 5.74) is 5.11. The molecule has 0 aliphatic heterocycles. The molecule has 0 aliphatic carbocycles. The highest BCUT2D eigenvalue weighted by Gasteiger charge is 2.13. The minimum absolute atomic E-state index is 0.0804. The van der Waals surface area contributed by atoms with Gasteiger partial charge < -0.3 is 5.32 Å². The number of carbonyl (C=O) groups is 1. The zero-order chi connectivity index (χ0) is 18.8. The Morgan fingerprint density at radius 1 is 1.15 bits per heavy atom. The van der Waals surface area contributed by atoms with Gasteiger partial charge in [-0.15, -0.1) is 5.10 Å². The van der Waals surface area contributed by atoms with Crippen molar-refractivity contribution in [1.29, 1.82) is 0 Å². The van der Waals surface area contributed by atoms with Crippen LogP contribution in [0.3, 0.4) is 0 Å². The number of amides is 1. The second-order valence-electron chi connectivity index (χ2n) is 6.63. The van der Waals surface area contributed by atoms with Crippen LogP contribution in [-0.4, -0.2) is 31.2 Å². The van der Waals surface area contributed by atoms with Crippen LogP contribution in [-0.2, 0) is 4.79 Å². The van der Waals surface area contributed by atoms with Crippen LogP contribution in [0.15, 0.2) is 29.4 Å². The predicted octanol–water partition coefficient (Wildman–Crippen LogP) is 3.90. The number of anilines is 1. The van der Waals surface area contributed by atoms with Crippen LogP contribution in [0.5, 0.6) is 0 Å². The highest BCUT2D eigenvalue weighted by atomic mass is 32.2. The average molecular weight is 369 g/mol. The molecule has 1 aromatic carbocycles. The number of aryl methyl sites for hydroxylation is 2. The summed E-state index contributed by atoms with van der Waals surface area (Å²) < 4.78 is 1.73. The van der Waals surface area contributed by atoms with Crippen LogP contribution < -0.4 is 5.32 Å². The summed E-state index contributed by atoms with van der Waals surface area (Å²) in [6, 6.07) is 7.94. The zero-order valence-corrected chi connectivity index (χ0v) is 16.5. The Labute approximate surface area is 157 Å². The van der Waals surface area contributed by atoms with Crippen molar-refractivity contribution < 1.29 is 4.79 Å². The van der Waals surface area contributed by atoms with Gasteiger partial charge in [0, 0.05) is 17.1 Å². The van der Waals surface area contributed by atoms with Gasteiger partial charge in [0.25, 0.3) is 5.78 Å². The van der Waals surface area contributed by atoms with E-state index in [0.29, 0.717) is 16.9 Å². The van der Waals surface area contributed by atoms with E-state index in [0.717, 1.165) is 22.6 Å². The minimum atomic E-state index is -0.0804. The maximum Gasteiger partial charge on any atom is 0.253 e. The second kappa shape index (κ2) is 7.45. The lowest BCUT2D eigenvalue weighted by molar-refractivity contribution is -0.113. The molecule has 0 saturated heterocycles. The number of nitrogens with one attached hydrogen (secondary N) is 1. The van der Waals surface area contributed by atoms with Gasteiger partial charge >= 0.3 is 0 Å². The van der Waals surface area contributed by atoms with E-state index < -0.39 is 0 Å². The molecule has 2 heterocycles. The van der Waals surface area contributed by atoms with Crippen molar-refractivity contribution in [1.82, 2.24) is 19.6 Å². The number of rotatable bonds is 5. The van der Waals surface area contributed by atoms with Crippen molar-refractivity contribution in [3.8, 4) is 0 Å². The fourth-order valence-electron chi connectivity index (χ4n) is 2.58. The van der Waals surface area contributed by atoms with Gasteiger partial charge in [0.2, 0.25) is 11.1 Å². The Bertz CT molecular complexity index is 947. The van der Waals surface area contributed by atoms with Gasteiger partial charge in [0.05, 0.1) is 5.75 Å². The van der Waals surface area contributed by atoms with Crippen LogP contribution in [0.4, 0.5) is 5.69 Å². The summed E-state index contributed by atoms with van der Waals surface area (Å²) in [7, 11) is 0. The lowest BCUT2D eigenvalue weighted by Crippen LogP contribution is -2.14. The first-order valence-corrected chi connectivity index (χ1v) is 9.57. The van der Waals surface area contributed by atoms with Crippen molar-refractivity contribution >= 4 is 29.1 Å². The molecule has 7 heteroatoms. The van der Waals surface area contributed by atoms with Crippen molar-refractivity contribution in [2.45, 2.75) is 45.7 Å². The molecule has 2 aromatic heterocycles. The van der Waals surface area contributed by atoms with Gasteiger partial charge in [0.15, 0.2) is 0 Å². The number of carbonyl (C=O) groups excluding carboxylic acids is 1. The van der Waals surface area contributed by atoms with E-state index in [1.165, 1.54) is 17.3 Å². The van der Waals surface area contributed by atoms with E-state index >= 15 is 0 Å². The summed E-state index contributed by atoms with van der Waals surface area (Å²) in [5.74, 6) is 1.21. The van der Waals surface area contributed by atoms with Crippen molar-refractivity contribution in [3.05, 3.63) is 46.8 Å². The Kier molecular flexibility index (Phi) is 5.27. The lowest BCUT2D eigenvalue weighted by atomic mass is 10.0. The van der Waals surface area contributed by atoms with Crippen LogP contribution in [0.1, 0.15) is 42.3 Å². The molecule has 0 bridgehead atoms. The fraction of sp³-hybridized carbons (Fsp3) is 0.368.